The predicted octanol–water partition coefficient (Wildman–Crippen LogP) is 4.92. The monoisotopic (exact) mass is 584 g/mol. The van der Waals surface area contributed by atoms with Gasteiger partial charge >= 0.3 is 0 Å². The number of nitrogens with zero attached hydrogens (tertiary/aromatic N) is 2. The van der Waals surface area contributed by atoms with Crippen molar-refractivity contribution in [3.63, 3.8) is 0 Å². The number of rotatable bonds is 8. The Kier molecular flexibility index (Phi) is 9.01. The molecule has 0 bridgehead atoms. The van der Waals surface area contributed by atoms with Crippen LogP contribution in [0.3, 0.4) is 0 Å². The van der Waals surface area contributed by atoms with Crippen molar-refractivity contribution >= 4 is 23.3 Å². The maximum Gasteiger partial charge on any atom is 0.253 e. The van der Waals surface area contributed by atoms with Gasteiger partial charge in [0.2, 0.25) is 5.91 Å². The van der Waals surface area contributed by atoms with Crippen molar-refractivity contribution in [3.05, 3.63) is 74.3 Å². The molecule has 2 aromatic heterocycles. The van der Waals surface area contributed by atoms with Gasteiger partial charge in [-0.3, -0.25) is 14.4 Å². The van der Waals surface area contributed by atoms with E-state index in [4.69, 9.17) is 4.98 Å². The van der Waals surface area contributed by atoms with E-state index in [9.17, 15) is 14.4 Å². The highest BCUT2D eigenvalue weighted by molar-refractivity contribution is 6.02. The lowest BCUT2D eigenvalue weighted by molar-refractivity contribution is -0.125. The third-order valence-corrected chi connectivity index (χ3v) is 9.36. The normalized spacial score (nSPS) is 16.3. The van der Waals surface area contributed by atoms with Gasteiger partial charge in [-0.15, -0.1) is 0 Å². The van der Waals surface area contributed by atoms with E-state index in [1.54, 1.807) is 0 Å². The van der Waals surface area contributed by atoms with Crippen molar-refractivity contribution in [2.24, 2.45) is 5.41 Å². The number of aromatic amines is 1. The van der Waals surface area contributed by atoms with E-state index in [-0.39, 0.29) is 29.3 Å². The molecule has 0 radical (unpaired) electrons. The molecule has 228 valence electrons. The number of aryl methyl sites for hydroxylation is 3. The molecular formula is C34H44N6O3. The topological polar surface area (TPSA) is 119 Å². The number of hydrogen-bond acceptors (Lipinski definition) is 6. The van der Waals surface area contributed by atoms with Gasteiger partial charge in [-0.05, 0) is 94.0 Å². The van der Waals surface area contributed by atoms with Gasteiger partial charge < -0.3 is 25.8 Å². The molecule has 1 saturated carbocycles. The van der Waals surface area contributed by atoms with Gasteiger partial charge in [0.15, 0.2) is 0 Å². The van der Waals surface area contributed by atoms with E-state index in [1.165, 1.54) is 0 Å². The molecular weight excluding hydrogens is 540 g/mol. The lowest BCUT2D eigenvalue weighted by atomic mass is 9.82. The highest BCUT2D eigenvalue weighted by atomic mass is 16.2. The SMILES string of the molecule is CCC1(C(=O)Nc2cc(-c3ccc(N4CCNCC4)nc3C)cc(C(=O)NCc3c(C)cc(C)[nH]c3=O)c2C)CCCC1. The Hall–Kier alpha value is -3.98. The minimum atomic E-state index is -0.378. The van der Waals surface area contributed by atoms with Crippen molar-refractivity contribution in [2.75, 3.05) is 36.4 Å². The summed E-state index contributed by atoms with van der Waals surface area (Å²) in [5, 5.41) is 9.55. The van der Waals surface area contributed by atoms with E-state index in [0.29, 0.717) is 22.4 Å². The molecule has 1 saturated heterocycles. The largest absolute Gasteiger partial charge is 0.354 e. The van der Waals surface area contributed by atoms with E-state index >= 15 is 0 Å². The number of anilines is 2. The van der Waals surface area contributed by atoms with Crippen LogP contribution in [0.5, 0.6) is 0 Å². The zero-order valence-electron chi connectivity index (χ0n) is 26.1. The number of piperazine rings is 1. The summed E-state index contributed by atoms with van der Waals surface area (Å²) in [5.74, 6) is 0.652. The first-order valence-corrected chi connectivity index (χ1v) is 15.5. The van der Waals surface area contributed by atoms with Gasteiger partial charge in [-0.1, -0.05) is 19.8 Å². The molecule has 0 spiro atoms. The van der Waals surface area contributed by atoms with E-state index in [0.717, 1.165) is 92.2 Å². The number of carbonyl (C=O) groups excluding carboxylic acids is 2. The molecule has 1 aliphatic carbocycles. The smallest absolute Gasteiger partial charge is 0.253 e. The molecule has 3 aromatic rings. The first-order valence-electron chi connectivity index (χ1n) is 15.5. The molecule has 9 nitrogen and oxygen atoms in total. The van der Waals surface area contributed by atoms with Crippen LogP contribution in [0.25, 0.3) is 11.1 Å². The minimum Gasteiger partial charge on any atom is -0.354 e. The third kappa shape index (κ3) is 6.37. The fraction of sp³-hybridized carbons (Fsp3) is 0.471. The second kappa shape index (κ2) is 12.7. The number of aromatic nitrogens is 2. The summed E-state index contributed by atoms with van der Waals surface area (Å²) in [7, 11) is 0. The molecule has 0 unspecified atom stereocenters. The van der Waals surface area contributed by atoms with Crippen LogP contribution in [0.15, 0.2) is 35.1 Å². The van der Waals surface area contributed by atoms with Crippen molar-refractivity contribution in [1.82, 2.24) is 20.6 Å². The van der Waals surface area contributed by atoms with Gasteiger partial charge in [0, 0.05) is 71.9 Å². The Morgan fingerprint density at radius 3 is 2.40 bits per heavy atom. The van der Waals surface area contributed by atoms with Crippen LogP contribution >= 0.6 is 0 Å². The Bertz CT molecular complexity index is 1580. The van der Waals surface area contributed by atoms with Gasteiger partial charge in [-0.25, -0.2) is 4.98 Å². The summed E-state index contributed by atoms with van der Waals surface area (Å²) in [5.41, 5.74) is 5.89. The molecule has 2 amide bonds. The highest BCUT2D eigenvalue weighted by Crippen LogP contribution is 2.42. The second-order valence-corrected chi connectivity index (χ2v) is 12.2. The van der Waals surface area contributed by atoms with Crippen molar-refractivity contribution in [2.45, 2.75) is 73.3 Å². The van der Waals surface area contributed by atoms with Crippen LogP contribution in [0.1, 0.15) is 77.5 Å². The first kappa shape index (κ1) is 30.5. The zero-order valence-corrected chi connectivity index (χ0v) is 26.1. The Morgan fingerprint density at radius 2 is 1.74 bits per heavy atom. The van der Waals surface area contributed by atoms with Crippen LogP contribution in [-0.4, -0.2) is 48.0 Å². The Labute approximate surface area is 253 Å². The molecule has 43 heavy (non-hydrogen) atoms. The van der Waals surface area contributed by atoms with Crippen LogP contribution in [0.2, 0.25) is 0 Å². The summed E-state index contributed by atoms with van der Waals surface area (Å²) < 4.78 is 0. The van der Waals surface area contributed by atoms with E-state index < -0.39 is 0 Å². The van der Waals surface area contributed by atoms with Gasteiger partial charge in [0.05, 0.1) is 0 Å². The van der Waals surface area contributed by atoms with Crippen LogP contribution < -0.4 is 26.4 Å². The fourth-order valence-electron chi connectivity index (χ4n) is 6.57. The molecule has 9 heteroatoms. The maximum atomic E-state index is 13.7. The third-order valence-electron chi connectivity index (χ3n) is 9.36. The molecule has 1 aliphatic heterocycles. The van der Waals surface area contributed by atoms with Crippen LogP contribution in [-0.2, 0) is 11.3 Å². The first-order chi connectivity index (χ1) is 20.6. The maximum absolute atomic E-state index is 13.7. The number of nitrogens with one attached hydrogen (secondary N) is 4. The number of H-pyrrole nitrogens is 1. The summed E-state index contributed by atoms with van der Waals surface area (Å²) in [6.45, 7) is 13.4. The molecule has 2 aliphatic rings. The van der Waals surface area contributed by atoms with Crippen molar-refractivity contribution in [1.29, 1.82) is 0 Å². The van der Waals surface area contributed by atoms with Gasteiger partial charge in [0.25, 0.3) is 11.5 Å². The molecule has 1 aromatic carbocycles. The fourth-order valence-corrected chi connectivity index (χ4v) is 6.57. The molecule has 5 rings (SSSR count). The standard InChI is InChI=1S/C34H44N6O3/c1-6-34(11-7-8-12-34)33(43)39-29-19-25(26-9-10-30(38-24(26)5)40-15-13-35-14-16-40)18-27(23(29)4)31(41)36-20-28-21(2)17-22(3)37-32(28)42/h9-10,17-19,35H,6-8,11-16,20H2,1-5H3,(H,36,41)(H,37,42)(H,39,43). The van der Waals surface area contributed by atoms with E-state index in [2.05, 4.69) is 38.8 Å². The van der Waals surface area contributed by atoms with E-state index in [1.807, 2.05) is 52.0 Å². The van der Waals surface area contributed by atoms with Gasteiger partial charge in [-0.2, -0.15) is 0 Å². The second-order valence-electron chi connectivity index (χ2n) is 12.2. The Morgan fingerprint density at radius 1 is 1.02 bits per heavy atom. The number of pyridine rings is 2. The Balaban J connectivity index is 1.50. The molecule has 2 fully saturated rings. The number of carbonyl (C=O) groups is 2. The average molecular weight is 585 g/mol. The molecule has 3 heterocycles. The highest BCUT2D eigenvalue weighted by Gasteiger charge is 2.39. The summed E-state index contributed by atoms with van der Waals surface area (Å²) in [6, 6.07) is 9.81. The van der Waals surface area contributed by atoms with Gasteiger partial charge in [0.1, 0.15) is 5.82 Å². The minimum absolute atomic E-state index is 0.0184. The lowest BCUT2D eigenvalue weighted by Gasteiger charge is -2.29. The summed E-state index contributed by atoms with van der Waals surface area (Å²) >= 11 is 0. The quantitative estimate of drug-likeness (QED) is 0.299. The number of benzene rings is 1. The average Bonchev–Trinajstić information content (AvgIpc) is 3.49. The van der Waals surface area contributed by atoms with Crippen molar-refractivity contribution in [3.8, 4) is 11.1 Å². The molecule has 4 N–H and O–H groups in total. The van der Waals surface area contributed by atoms with Crippen molar-refractivity contribution < 1.29 is 9.59 Å². The molecule has 0 atom stereocenters. The lowest BCUT2D eigenvalue weighted by Crippen LogP contribution is -2.43. The number of amides is 2. The summed E-state index contributed by atoms with van der Waals surface area (Å²) in [4.78, 5) is 50.0. The predicted molar refractivity (Wildman–Crippen MR) is 172 cm³/mol. The van der Waals surface area contributed by atoms with Crippen LogP contribution in [0, 0.1) is 33.1 Å². The summed E-state index contributed by atoms with van der Waals surface area (Å²) in [6.07, 6.45) is 4.64. The zero-order chi connectivity index (χ0) is 30.7. The number of hydrogen-bond donors (Lipinski definition) is 4. The van der Waals surface area contributed by atoms with Crippen LogP contribution in [0.4, 0.5) is 11.5 Å².